The first-order chi connectivity index (χ1) is 20.1. The Labute approximate surface area is 244 Å². The summed E-state index contributed by atoms with van der Waals surface area (Å²) in [6.45, 7) is 3.04. The third-order valence-corrected chi connectivity index (χ3v) is 9.38. The number of anilines is 1. The number of nitrogens with one attached hydrogen (secondary N) is 2. The molecule has 1 saturated heterocycles. The second-order valence-electron chi connectivity index (χ2n) is 11.1. The minimum Gasteiger partial charge on any atom is -0.385 e. The van der Waals surface area contributed by atoms with Crippen molar-refractivity contribution in [1.82, 2.24) is 24.8 Å². The number of rotatable bonds is 9. The van der Waals surface area contributed by atoms with Gasteiger partial charge >= 0.3 is 0 Å². The highest BCUT2D eigenvalue weighted by atomic mass is 32.1. The molecule has 216 valence electrons. The average Bonchev–Trinajstić information content (AvgIpc) is 3.62. The van der Waals surface area contributed by atoms with Crippen LogP contribution in [0.4, 0.5) is 5.13 Å². The molecule has 2 fully saturated rings. The molecule has 0 radical (unpaired) electrons. The number of thiazole rings is 1. The maximum absolute atomic E-state index is 14.2. The van der Waals surface area contributed by atoms with Gasteiger partial charge in [0.25, 0.3) is 5.91 Å². The fourth-order valence-corrected chi connectivity index (χ4v) is 7.26. The van der Waals surface area contributed by atoms with Crippen molar-refractivity contribution in [3.8, 4) is 11.3 Å². The molecule has 0 bridgehead atoms. The van der Waals surface area contributed by atoms with Gasteiger partial charge in [-0.1, -0.05) is 66.6 Å². The summed E-state index contributed by atoms with van der Waals surface area (Å²) in [5, 5.41) is 19.5. The number of aliphatic hydroxyl groups is 1. The number of piperazine rings is 1. The molecule has 3 N–H and O–H groups in total. The molecule has 41 heavy (non-hydrogen) atoms. The Morgan fingerprint density at radius 2 is 2.02 bits per heavy atom. The second-order valence-corrected chi connectivity index (χ2v) is 12.1. The lowest BCUT2D eigenvalue weighted by Gasteiger charge is -2.41. The zero-order chi connectivity index (χ0) is 28.2. The van der Waals surface area contributed by atoms with Gasteiger partial charge in [-0.05, 0) is 31.4 Å². The molecule has 2 aromatic heterocycles. The molecule has 2 aliphatic rings. The number of nitrogens with zero attached hydrogens (tertiary/aromatic N) is 4. The average molecular weight is 575 g/mol. The monoisotopic (exact) mass is 574 g/mol. The molecule has 6 rings (SSSR count). The highest BCUT2D eigenvalue weighted by molar-refractivity contribution is 7.22. The lowest BCUT2D eigenvalue weighted by atomic mass is 9.80. The number of imidazole rings is 1. The van der Waals surface area contributed by atoms with Gasteiger partial charge in [-0.25, -0.2) is 9.97 Å². The van der Waals surface area contributed by atoms with Crippen molar-refractivity contribution in [2.45, 2.75) is 49.8 Å². The van der Waals surface area contributed by atoms with E-state index in [4.69, 9.17) is 9.72 Å². The van der Waals surface area contributed by atoms with Gasteiger partial charge in [0.05, 0.1) is 34.9 Å². The van der Waals surface area contributed by atoms with Crippen LogP contribution in [0.25, 0.3) is 21.5 Å². The molecule has 1 amide bonds. The minimum absolute atomic E-state index is 0.0204. The number of aromatic nitrogens is 3. The number of hydrogen-bond donors (Lipinski definition) is 3. The van der Waals surface area contributed by atoms with Gasteiger partial charge in [-0.3, -0.25) is 4.79 Å². The number of carbonyl (C=O) groups is 1. The van der Waals surface area contributed by atoms with E-state index in [1.54, 1.807) is 24.8 Å². The van der Waals surface area contributed by atoms with E-state index < -0.39 is 5.60 Å². The summed E-state index contributed by atoms with van der Waals surface area (Å²) in [5.74, 6) is -0.0693. The van der Waals surface area contributed by atoms with Crippen LogP contribution < -0.4 is 10.6 Å². The van der Waals surface area contributed by atoms with Gasteiger partial charge in [0.15, 0.2) is 10.8 Å². The molecule has 1 saturated carbocycles. The second kappa shape index (κ2) is 12.3. The molecular formula is C31H38N6O3S. The van der Waals surface area contributed by atoms with E-state index in [0.717, 1.165) is 65.4 Å². The summed E-state index contributed by atoms with van der Waals surface area (Å²) in [5.41, 5.74) is 2.11. The van der Waals surface area contributed by atoms with Gasteiger partial charge in [0, 0.05) is 44.9 Å². The topological polar surface area (TPSA) is 105 Å². The van der Waals surface area contributed by atoms with Crippen LogP contribution in [0.1, 0.15) is 48.6 Å². The smallest absolute Gasteiger partial charge is 0.275 e. The van der Waals surface area contributed by atoms with Crippen LogP contribution in [0.3, 0.4) is 0 Å². The zero-order valence-corrected chi connectivity index (χ0v) is 24.3. The predicted molar refractivity (Wildman–Crippen MR) is 162 cm³/mol. The summed E-state index contributed by atoms with van der Waals surface area (Å²) in [4.78, 5) is 25.6. The zero-order valence-electron chi connectivity index (χ0n) is 23.5. The maximum Gasteiger partial charge on any atom is 0.275 e. The van der Waals surface area contributed by atoms with E-state index in [1.165, 1.54) is 0 Å². The van der Waals surface area contributed by atoms with Crippen LogP contribution >= 0.6 is 11.3 Å². The van der Waals surface area contributed by atoms with Gasteiger partial charge in [0.1, 0.15) is 5.60 Å². The van der Waals surface area contributed by atoms with Gasteiger partial charge in [-0.2, -0.15) is 0 Å². The quantitative estimate of drug-likeness (QED) is 0.269. The molecule has 0 spiro atoms. The highest BCUT2D eigenvalue weighted by Crippen LogP contribution is 2.41. The minimum atomic E-state index is -1.01. The van der Waals surface area contributed by atoms with Crippen molar-refractivity contribution in [3.05, 3.63) is 66.6 Å². The Morgan fingerprint density at radius 3 is 2.85 bits per heavy atom. The number of amides is 1. The maximum atomic E-state index is 14.2. The van der Waals surface area contributed by atoms with Crippen LogP contribution in [-0.4, -0.2) is 82.0 Å². The van der Waals surface area contributed by atoms with E-state index in [9.17, 15) is 9.90 Å². The first-order valence-electron chi connectivity index (χ1n) is 14.5. The largest absolute Gasteiger partial charge is 0.385 e. The number of benzene rings is 2. The van der Waals surface area contributed by atoms with E-state index in [2.05, 4.69) is 21.7 Å². The van der Waals surface area contributed by atoms with Crippen LogP contribution in [0.15, 0.2) is 60.9 Å². The fraction of sp³-hybridized carbons (Fsp3) is 0.452. The van der Waals surface area contributed by atoms with Crippen LogP contribution in [0.2, 0.25) is 0 Å². The number of methoxy groups -OCH3 is 1. The van der Waals surface area contributed by atoms with Crippen molar-refractivity contribution in [1.29, 1.82) is 0 Å². The number of ether oxygens (including phenoxy) is 1. The Bertz CT molecular complexity index is 1440. The molecular weight excluding hydrogens is 536 g/mol. The van der Waals surface area contributed by atoms with Crippen LogP contribution in [-0.2, 0) is 4.74 Å². The van der Waals surface area contributed by atoms with Crippen molar-refractivity contribution in [2.24, 2.45) is 0 Å². The molecule has 1 aliphatic carbocycles. The Hall–Kier alpha value is -3.31. The van der Waals surface area contributed by atoms with E-state index >= 15 is 0 Å². The predicted octanol–water partition coefficient (Wildman–Crippen LogP) is 4.57. The fourth-order valence-electron chi connectivity index (χ4n) is 6.37. The number of carbonyl (C=O) groups excluding carboxylic acids is 1. The van der Waals surface area contributed by atoms with Gasteiger partial charge < -0.3 is 29.9 Å². The first kappa shape index (κ1) is 27.8. The summed E-state index contributed by atoms with van der Waals surface area (Å²) in [6, 6.07) is 17.9. The number of para-hydroxylation sites is 1. The van der Waals surface area contributed by atoms with Crippen molar-refractivity contribution < 1.29 is 14.6 Å². The summed E-state index contributed by atoms with van der Waals surface area (Å²) in [7, 11) is 1.63. The van der Waals surface area contributed by atoms with Crippen molar-refractivity contribution in [3.63, 3.8) is 0 Å². The number of fused-ring (bicyclic) bond motifs is 1. The summed E-state index contributed by atoms with van der Waals surface area (Å²) >= 11 is 1.65. The third-order valence-electron chi connectivity index (χ3n) is 8.39. The van der Waals surface area contributed by atoms with Crippen molar-refractivity contribution in [2.75, 3.05) is 45.2 Å². The van der Waals surface area contributed by atoms with Crippen molar-refractivity contribution >= 4 is 32.6 Å². The Morgan fingerprint density at radius 1 is 1.20 bits per heavy atom. The van der Waals surface area contributed by atoms with E-state index in [1.807, 2.05) is 58.0 Å². The molecule has 10 heteroatoms. The SMILES string of the molecule is COC[C@]1(O)CCCC[C@H]1n1cnc(C(=O)N2CCNC[C@H]2CCNc2nc3ccccc3s2)c1-c1ccccc1. The van der Waals surface area contributed by atoms with Crippen LogP contribution in [0, 0.1) is 0 Å². The summed E-state index contributed by atoms with van der Waals surface area (Å²) < 4.78 is 8.65. The lowest BCUT2D eigenvalue weighted by Crippen LogP contribution is -2.54. The Kier molecular flexibility index (Phi) is 8.34. The molecule has 2 aromatic carbocycles. The Balaban J connectivity index is 1.26. The molecule has 3 heterocycles. The lowest BCUT2D eigenvalue weighted by molar-refractivity contribution is -0.0893. The third kappa shape index (κ3) is 5.74. The first-order valence-corrected chi connectivity index (χ1v) is 15.3. The molecule has 0 unspecified atom stereocenters. The molecule has 1 aliphatic heterocycles. The van der Waals surface area contributed by atoms with E-state index in [-0.39, 0.29) is 24.6 Å². The van der Waals surface area contributed by atoms with Gasteiger partial charge in [-0.15, -0.1) is 0 Å². The summed E-state index contributed by atoms with van der Waals surface area (Å²) in [6.07, 6.45) is 5.95. The van der Waals surface area contributed by atoms with E-state index in [0.29, 0.717) is 25.2 Å². The molecule has 3 atom stereocenters. The highest BCUT2D eigenvalue weighted by Gasteiger charge is 2.42. The van der Waals surface area contributed by atoms with Crippen LogP contribution in [0.5, 0.6) is 0 Å². The normalized spacial score (nSPS) is 23.1. The van der Waals surface area contributed by atoms with Gasteiger partial charge in [0.2, 0.25) is 0 Å². The standard InChI is InChI=1S/C31H38N6O3S/c1-40-20-31(39)15-8-7-13-26(31)37-21-34-27(28(37)22-9-3-2-4-10-22)29(38)36-18-17-32-19-23(36)14-16-33-30-35-24-11-5-6-12-25(24)41-30/h2-6,9-12,21,23,26,32,39H,7-8,13-20H2,1H3,(H,33,35)/t23-,26-,31-/m1/s1. The molecule has 9 nitrogen and oxygen atoms in total. The number of hydrogen-bond acceptors (Lipinski definition) is 8. The molecule has 4 aromatic rings.